The number of pyridine rings is 1. The minimum absolute atomic E-state index is 0.124. The Labute approximate surface area is 182 Å². The van der Waals surface area contributed by atoms with Gasteiger partial charge in [0.25, 0.3) is 5.91 Å². The van der Waals surface area contributed by atoms with E-state index in [4.69, 9.17) is 4.74 Å². The zero-order valence-electron chi connectivity index (χ0n) is 17.6. The Morgan fingerprint density at radius 1 is 0.903 bits per heavy atom. The fourth-order valence-electron chi connectivity index (χ4n) is 4.63. The number of fused-ring (bicyclic) bond motifs is 1. The monoisotopic (exact) mass is 414 g/mol. The molecule has 3 heterocycles. The molecule has 1 aromatic heterocycles. The summed E-state index contributed by atoms with van der Waals surface area (Å²) >= 11 is 0. The lowest BCUT2D eigenvalue weighted by Gasteiger charge is -2.24. The standard InChI is InChI=1S/C25H26N4O2/c1-31-23-11-5-18(6-12-23)25(30)27-21-7-9-22(10-8-21)28-14-19-16-29(17-20(19)15-28)24-4-2-3-13-26-24/h2-13,19-20H,14-17H2,1H3,(H,27,30)/t19-,20?/m0/s1. The molecule has 158 valence electrons. The number of anilines is 3. The van der Waals surface area contributed by atoms with Crippen molar-refractivity contribution in [2.45, 2.75) is 0 Å². The summed E-state index contributed by atoms with van der Waals surface area (Å²) in [5.74, 6) is 3.02. The minimum Gasteiger partial charge on any atom is -0.497 e. The number of aromatic nitrogens is 1. The van der Waals surface area contributed by atoms with E-state index >= 15 is 0 Å². The summed E-state index contributed by atoms with van der Waals surface area (Å²) in [5.41, 5.74) is 2.61. The Balaban J connectivity index is 1.18. The molecule has 0 aliphatic carbocycles. The number of nitrogens with one attached hydrogen (secondary N) is 1. The first-order valence-corrected chi connectivity index (χ1v) is 10.7. The van der Waals surface area contributed by atoms with Crippen LogP contribution in [0.25, 0.3) is 0 Å². The van der Waals surface area contributed by atoms with Crippen molar-refractivity contribution in [3.63, 3.8) is 0 Å². The molecule has 2 aliphatic heterocycles. The van der Waals surface area contributed by atoms with Crippen molar-refractivity contribution in [2.24, 2.45) is 11.8 Å². The average molecular weight is 415 g/mol. The normalized spacial score (nSPS) is 19.9. The van der Waals surface area contributed by atoms with Crippen molar-refractivity contribution in [2.75, 3.05) is 48.4 Å². The van der Waals surface area contributed by atoms with E-state index in [0.29, 0.717) is 17.4 Å². The van der Waals surface area contributed by atoms with Crippen molar-refractivity contribution < 1.29 is 9.53 Å². The number of benzene rings is 2. The highest BCUT2D eigenvalue weighted by Gasteiger charge is 2.40. The number of rotatable bonds is 5. The number of carbonyl (C=O) groups is 1. The lowest BCUT2D eigenvalue weighted by Crippen LogP contribution is -2.29. The van der Waals surface area contributed by atoms with E-state index in [0.717, 1.165) is 43.4 Å². The van der Waals surface area contributed by atoms with Crippen LogP contribution in [0.4, 0.5) is 17.2 Å². The molecular formula is C25H26N4O2. The molecule has 2 saturated heterocycles. The van der Waals surface area contributed by atoms with Crippen molar-refractivity contribution >= 4 is 23.1 Å². The SMILES string of the molecule is COc1ccc(C(=O)Nc2ccc(N3CC4CN(c5ccccn5)C[C@@H]4C3)cc2)cc1. The quantitative estimate of drug-likeness (QED) is 0.686. The molecule has 2 aromatic carbocycles. The number of hydrogen-bond acceptors (Lipinski definition) is 5. The van der Waals surface area contributed by atoms with Gasteiger partial charge in [-0.15, -0.1) is 0 Å². The largest absolute Gasteiger partial charge is 0.497 e. The number of hydrogen-bond donors (Lipinski definition) is 1. The number of amides is 1. The molecule has 5 rings (SSSR count). The third-order valence-electron chi connectivity index (χ3n) is 6.30. The molecule has 0 bridgehead atoms. The Morgan fingerprint density at radius 2 is 1.58 bits per heavy atom. The second-order valence-corrected chi connectivity index (χ2v) is 8.25. The first kappa shape index (κ1) is 19.4. The van der Waals surface area contributed by atoms with Gasteiger partial charge in [-0.2, -0.15) is 0 Å². The maximum Gasteiger partial charge on any atom is 0.255 e. The molecule has 2 aliphatic rings. The molecule has 0 radical (unpaired) electrons. The topological polar surface area (TPSA) is 57.7 Å². The fourth-order valence-corrected chi connectivity index (χ4v) is 4.63. The van der Waals surface area contributed by atoms with Crippen molar-refractivity contribution in [3.05, 3.63) is 78.5 Å². The highest BCUT2D eigenvalue weighted by molar-refractivity contribution is 6.04. The molecule has 2 fully saturated rings. The zero-order chi connectivity index (χ0) is 21.2. The van der Waals surface area contributed by atoms with Crippen LogP contribution in [0.3, 0.4) is 0 Å². The van der Waals surface area contributed by atoms with Gasteiger partial charge in [0.1, 0.15) is 11.6 Å². The molecule has 6 heteroatoms. The van der Waals surface area contributed by atoms with E-state index in [1.54, 1.807) is 31.4 Å². The molecule has 1 N–H and O–H groups in total. The molecule has 31 heavy (non-hydrogen) atoms. The summed E-state index contributed by atoms with van der Waals surface area (Å²) in [6.45, 7) is 4.25. The van der Waals surface area contributed by atoms with Crippen LogP contribution < -0.4 is 19.9 Å². The number of nitrogens with zero attached hydrogens (tertiary/aromatic N) is 3. The van der Waals surface area contributed by atoms with Crippen LogP contribution in [-0.2, 0) is 0 Å². The second kappa shape index (κ2) is 8.30. The highest BCUT2D eigenvalue weighted by Crippen LogP contribution is 2.35. The molecule has 0 spiro atoms. The summed E-state index contributed by atoms with van der Waals surface area (Å²) < 4.78 is 5.14. The van der Waals surface area contributed by atoms with E-state index in [1.165, 1.54) is 5.69 Å². The Kier molecular flexibility index (Phi) is 5.20. The van der Waals surface area contributed by atoms with Gasteiger partial charge in [-0.25, -0.2) is 4.98 Å². The summed E-state index contributed by atoms with van der Waals surface area (Å²) in [4.78, 5) is 21.8. The highest BCUT2D eigenvalue weighted by atomic mass is 16.5. The lowest BCUT2D eigenvalue weighted by molar-refractivity contribution is 0.102. The lowest BCUT2D eigenvalue weighted by atomic mass is 10.0. The van der Waals surface area contributed by atoms with Gasteiger partial charge in [0, 0.05) is 61.1 Å². The molecule has 6 nitrogen and oxygen atoms in total. The number of methoxy groups -OCH3 is 1. The van der Waals surface area contributed by atoms with E-state index in [2.05, 4.69) is 44.4 Å². The summed E-state index contributed by atoms with van der Waals surface area (Å²) in [6.07, 6.45) is 1.87. The maximum atomic E-state index is 12.5. The van der Waals surface area contributed by atoms with Crippen LogP contribution in [0.5, 0.6) is 5.75 Å². The van der Waals surface area contributed by atoms with E-state index in [-0.39, 0.29) is 5.91 Å². The zero-order valence-corrected chi connectivity index (χ0v) is 17.6. The first-order chi connectivity index (χ1) is 15.2. The summed E-state index contributed by atoms with van der Waals surface area (Å²) in [5, 5.41) is 2.97. The predicted molar refractivity (Wildman–Crippen MR) is 123 cm³/mol. The predicted octanol–water partition coefficient (Wildman–Crippen LogP) is 3.92. The van der Waals surface area contributed by atoms with E-state index in [9.17, 15) is 4.79 Å². The number of ether oxygens (including phenoxy) is 1. The van der Waals surface area contributed by atoms with Crippen LogP contribution in [-0.4, -0.2) is 44.2 Å². The van der Waals surface area contributed by atoms with E-state index < -0.39 is 0 Å². The third-order valence-corrected chi connectivity index (χ3v) is 6.30. The van der Waals surface area contributed by atoms with Crippen molar-refractivity contribution in [1.82, 2.24) is 4.98 Å². The molecule has 2 atom stereocenters. The molecule has 1 unspecified atom stereocenters. The second-order valence-electron chi connectivity index (χ2n) is 8.25. The van der Waals surface area contributed by atoms with Crippen LogP contribution in [0.1, 0.15) is 10.4 Å². The minimum atomic E-state index is -0.124. The van der Waals surface area contributed by atoms with Gasteiger partial charge in [0.15, 0.2) is 0 Å². The molecule has 3 aromatic rings. The summed E-state index contributed by atoms with van der Waals surface area (Å²) in [7, 11) is 1.61. The maximum absolute atomic E-state index is 12.5. The van der Waals surface area contributed by atoms with Gasteiger partial charge in [-0.1, -0.05) is 6.07 Å². The van der Waals surface area contributed by atoms with Gasteiger partial charge in [0.05, 0.1) is 7.11 Å². The average Bonchev–Trinajstić information content (AvgIpc) is 3.40. The summed E-state index contributed by atoms with van der Waals surface area (Å²) in [6, 6.07) is 21.4. The molecule has 0 saturated carbocycles. The Hall–Kier alpha value is -3.54. The van der Waals surface area contributed by atoms with Crippen LogP contribution in [0.15, 0.2) is 72.9 Å². The van der Waals surface area contributed by atoms with Crippen LogP contribution in [0.2, 0.25) is 0 Å². The van der Waals surface area contributed by atoms with Gasteiger partial charge in [-0.3, -0.25) is 4.79 Å². The third kappa shape index (κ3) is 4.06. The van der Waals surface area contributed by atoms with Gasteiger partial charge >= 0.3 is 0 Å². The van der Waals surface area contributed by atoms with Crippen molar-refractivity contribution in [3.8, 4) is 5.75 Å². The smallest absolute Gasteiger partial charge is 0.255 e. The molecular weight excluding hydrogens is 388 g/mol. The van der Waals surface area contributed by atoms with E-state index in [1.807, 2.05) is 24.4 Å². The first-order valence-electron chi connectivity index (χ1n) is 10.7. The van der Waals surface area contributed by atoms with Crippen LogP contribution in [0, 0.1) is 11.8 Å². The Bertz CT molecular complexity index is 1020. The van der Waals surface area contributed by atoms with Gasteiger partial charge in [0.2, 0.25) is 0 Å². The van der Waals surface area contributed by atoms with Crippen LogP contribution >= 0.6 is 0 Å². The Morgan fingerprint density at radius 3 is 2.19 bits per heavy atom. The van der Waals surface area contributed by atoms with Crippen molar-refractivity contribution in [1.29, 1.82) is 0 Å². The van der Waals surface area contributed by atoms with Gasteiger partial charge in [-0.05, 0) is 60.7 Å². The fraction of sp³-hybridized carbons (Fsp3) is 0.280. The van der Waals surface area contributed by atoms with Gasteiger partial charge < -0.3 is 19.9 Å². The number of carbonyl (C=O) groups excluding carboxylic acids is 1. The molecule has 1 amide bonds.